The minimum Gasteiger partial charge on any atom is -0.496 e. The Hall–Kier alpha value is -3.13. The molecule has 25 heavy (non-hydrogen) atoms. The number of para-hydroxylation sites is 1. The number of nitrogens with zero attached hydrogens (tertiary/aromatic N) is 3. The van der Waals surface area contributed by atoms with E-state index in [1.165, 1.54) is 17.1 Å². The smallest absolute Gasteiger partial charge is 0.273 e. The number of aliphatic hydroxyl groups is 1. The number of ether oxygens (including phenoxy) is 1. The Morgan fingerprint density at radius 1 is 1.36 bits per heavy atom. The number of benzene rings is 1. The average molecular weight is 342 g/mol. The van der Waals surface area contributed by atoms with Crippen LogP contribution in [0.5, 0.6) is 5.75 Å². The molecule has 0 unspecified atom stereocenters. The van der Waals surface area contributed by atoms with Crippen LogP contribution in [0.15, 0.2) is 53.3 Å². The van der Waals surface area contributed by atoms with Gasteiger partial charge >= 0.3 is 0 Å². The highest BCUT2D eigenvalue weighted by Crippen LogP contribution is 2.25. The summed E-state index contributed by atoms with van der Waals surface area (Å²) in [6.07, 6.45) is 2.18. The topological polar surface area (TPSA) is 102 Å². The molecular weight excluding hydrogens is 324 g/mol. The minimum absolute atomic E-state index is 0.152. The second-order valence-corrected chi connectivity index (χ2v) is 5.35. The number of rotatable bonds is 7. The van der Waals surface area contributed by atoms with Crippen LogP contribution in [0.2, 0.25) is 0 Å². The first-order valence-corrected chi connectivity index (χ1v) is 7.69. The van der Waals surface area contributed by atoms with E-state index in [9.17, 15) is 9.90 Å². The number of furan rings is 1. The lowest BCUT2D eigenvalue weighted by atomic mass is 10.1. The Balaban J connectivity index is 1.62. The third kappa shape index (κ3) is 4.04. The first-order chi connectivity index (χ1) is 12.2. The molecule has 8 nitrogen and oxygen atoms in total. The lowest BCUT2D eigenvalue weighted by Crippen LogP contribution is -2.22. The highest BCUT2D eigenvalue weighted by molar-refractivity contribution is 5.91. The molecule has 0 aliphatic heterocycles. The van der Waals surface area contributed by atoms with Gasteiger partial charge in [-0.25, -0.2) is 4.68 Å². The molecule has 3 aromatic rings. The fraction of sp³-hybridized carbons (Fsp3) is 0.235. The number of amides is 1. The number of carbonyl (C=O) groups excluding carboxylic acids is 1. The van der Waals surface area contributed by atoms with Crippen molar-refractivity contribution in [1.29, 1.82) is 0 Å². The second kappa shape index (κ2) is 7.63. The van der Waals surface area contributed by atoms with Crippen LogP contribution < -0.4 is 10.1 Å². The third-order valence-corrected chi connectivity index (χ3v) is 3.63. The van der Waals surface area contributed by atoms with Crippen LogP contribution in [-0.2, 0) is 13.1 Å². The maximum atomic E-state index is 12.1. The summed E-state index contributed by atoms with van der Waals surface area (Å²) in [6.45, 7) is 0.418. The summed E-state index contributed by atoms with van der Waals surface area (Å²) in [5.74, 6) is 0.869. The maximum absolute atomic E-state index is 12.1. The van der Waals surface area contributed by atoms with Crippen LogP contribution in [-0.4, -0.2) is 33.1 Å². The summed E-state index contributed by atoms with van der Waals surface area (Å²) in [7, 11) is 1.54. The van der Waals surface area contributed by atoms with E-state index in [2.05, 4.69) is 15.6 Å². The summed E-state index contributed by atoms with van der Waals surface area (Å²) >= 11 is 0. The maximum Gasteiger partial charge on any atom is 0.273 e. The van der Waals surface area contributed by atoms with Crippen molar-refractivity contribution in [1.82, 2.24) is 20.3 Å². The van der Waals surface area contributed by atoms with E-state index in [4.69, 9.17) is 9.15 Å². The number of hydrogen-bond donors (Lipinski definition) is 2. The molecule has 8 heteroatoms. The van der Waals surface area contributed by atoms with Crippen molar-refractivity contribution >= 4 is 5.91 Å². The normalized spacial score (nSPS) is 11.9. The Kier molecular flexibility index (Phi) is 5.10. The molecular formula is C17H18N4O4. The average Bonchev–Trinajstić information content (AvgIpc) is 3.31. The van der Waals surface area contributed by atoms with E-state index < -0.39 is 6.10 Å². The van der Waals surface area contributed by atoms with Gasteiger partial charge < -0.3 is 19.6 Å². The van der Waals surface area contributed by atoms with Gasteiger partial charge in [-0.3, -0.25) is 4.79 Å². The van der Waals surface area contributed by atoms with Crippen LogP contribution >= 0.6 is 0 Å². The molecule has 3 rings (SSSR count). The minimum atomic E-state index is -0.836. The van der Waals surface area contributed by atoms with Gasteiger partial charge in [-0.2, -0.15) is 0 Å². The number of nitrogens with one attached hydrogen (secondary N) is 1. The zero-order valence-electron chi connectivity index (χ0n) is 13.6. The van der Waals surface area contributed by atoms with Crippen LogP contribution in [0, 0.1) is 0 Å². The van der Waals surface area contributed by atoms with E-state index in [1.807, 2.05) is 12.1 Å². The SMILES string of the molecule is COc1ccccc1[C@@H](O)Cn1cc(C(=O)NCc2ccco2)nn1. The van der Waals surface area contributed by atoms with Crippen LogP contribution in [0.25, 0.3) is 0 Å². The van der Waals surface area contributed by atoms with E-state index in [1.54, 1.807) is 31.4 Å². The molecule has 0 aliphatic carbocycles. The Bertz CT molecular complexity index is 829. The molecule has 1 atom stereocenters. The molecule has 0 radical (unpaired) electrons. The monoisotopic (exact) mass is 342 g/mol. The van der Waals surface area contributed by atoms with Crippen molar-refractivity contribution in [3.63, 3.8) is 0 Å². The largest absolute Gasteiger partial charge is 0.496 e. The number of hydrogen-bond acceptors (Lipinski definition) is 6. The summed E-state index contributed by atoms with van der Waals surface area (Å²) in [5.41, 5.74) is 0.808. The van der Waals surface area contributed by atoms with Crippen LogP contribution in [0.3, 0.4) is 0 Å². The third-order valence-electron chi connectivity index (χ3n) is 3.63. The zero-order chi connectivity index (χ0) is 17.6. The Labute approximate surface area is 144 Å². The number of carbonyl (C=O) groups is 1. The molecule has 0 bridgehead atoms. The van der Waals surface area contributed by atoms with Gasteiger partial charge in [0, 0.05) is 5.56 Å². The second-order valence-electron chi connectivity index (χ2n) is 5.35. The van der Waals surface area contributed by atoms with E-state index in [0.29, 0.717) is 17.1 Å². The van der Waals surface area contributed by atoms with Crippen molar-refractivity contribution in [3.05, 3.63) is 65.9 Å². The number of aromatic nitrogens is 3. The van der Waals surface area contributed by atoms with Gasteiger partial charge in [0.1, 0.15) is 17.6 Å². The van der Waals surface area contributed by atoms with Crippen molar-refractivity contribution in [2.45, 2.75) is 19.2 Å². The molecule has 1 aromatic carbocycles. The summed E-state index contributed by atoms with van der Waals surface area (Å²) in [6, 6.07) is 10.7. The molecule has 0 spiro atoms. The Morgan fingerprint density at radius 3 is 2.96 bits per heavy atom. The van der Waals surface area contributed by atoms with Gasteiger partial charge in [0.15, 0.2) is 5.69 Å². The van der Waals surface area contributed by atoms with Crippen molar-refractivity contribution < 1.29 is 19.1 Å². The van der Waals surface area contributed by atoms with Crippen molar-refractivity contribution in [3.8, 4) is 5.75 Å². The van der Waals surface area contributed by atoms with Crippen molar-refractivity contribution in [2.75, 3.05) is 7.11 Å². The van der Waals surface area contributed by atoms with E-state index in [-0.39, 0.29) is 24.7 Å². The number of aliphatic hydroxyl groups excluding tert-OH is 1. The van der Waals surface area contributed by atoms with Crippen LogP contribution in [0.4, 0.5) is 0 Å². The molecule has 0 fully saturated rings. The van der Waals surface area contributed by atoms with Crippen molar-refractivity contribution in [2.24, 2.45) is 0 Å². The molecule has 2 N–H and O–H groups in total. The predicted molar refractivity (Wildman–Crippen MR) is 87.9 cm³/mol. The van der Waals surface area contributed by atoms with E-state index >= 15 is 0 Å². The fourth-order valence-corrected chi connectivity index (χ4v) is 2.38. The van der Waals surface area contributed by atoms with Gasteiger partial charge in [0.2, 0.25) is 0 Å². The highest BCUT2D eigenvalue weighted by Gasteiger charge is 2.16. The first kappa shape index (κ1) is 16.7. The van der Waals surface area contributed by atoms with Gasteiger partial charge in [-0.15, -0.1) is 5.10 Å². The predicted octanol–water partition coefficient (Wildman–Crippen LogP) is 1.54. The molecule has 0 aliphatic rings. The van der Waals surface area contributed by atoms with Crippen LogP contribution in [0.1, 0.15) is 27.9 Å². The van der Waals surface area contributed by atoms with Gasteiger partial charge in [-0.05, 0) is 18.2 Å². The molecule has 0 saturated heterocycles. The Morgan fingerprint density at radius 2 is 2.20 bits per heavy atom. The summed E-state index contributed by atoms with van der Waals surface area (Å²) in [5, 5.41) is 20.8. The first-order valence-electron chi connectivity index (χ1n) is 7.69. The molecule has 0 saturated carbocycles. The summed E-state index contributed by atoms with van der Waals surface area (Å²) < 4.78 is 11.8. The lowest BCUT2D eigenvalue weighted by Gasteiger charge is -2.14. The molecule has 2 aromatic heterocycles. The standard InChI is InChI=1S/C17H18N4O4/c1-24-16-7-3-2-6-13(16)15(22)11-21-10-14(19-20-21)17(23)18-9-12-5-4-8-25-12/h2-8,10,15,22H,9,11H2,1H3,(H,18,23)/t15-/m0/s1. The van der Waals surface area contributed by atoms with E-state index in [0.717, 1.165) is 0 Å². The molecule has 2 heterocycles. The zero-order valence-corrected chi connectivity index (χ0v) is 13.6. The molecule has 1 amide bonds. The fourth-order valence-electron chi connectivity index (χ4n) is 2.38. The number of methoxy groups -OCH3 is 1. The lowest BCUT2D eigenvalue weighted by molar-refractivity contribution is 0.0942. The van der Waals surface area contributed by atoms with Gasteiger partial charge in [0.05, 0.1) is 32.7 Å². The highest BCUT2D eigenvalue weighted by atomic mass is 16.5. The van der Waals surface area contributed by atoms with Gasteiger partial charge in [0.25, 0.3) is 5.91 Å². The molecule has 130 valence electrons. The quantitative estimate of drug-likeness (QED) is 0.675. The summed E-state index contributed by atoms with van der Waals surface area (Å²) in [4.78, 5) is 12.1. The van der Waals surface area contributed by atoms with Gasteiger partial charge in [-0.1, -0.05) is 23.4 Å².